The van der Waals surface area contributed by atoms with Crippen molar-refractivity contribution in [1.82, 2.24) is 10.6 Å². The lowest BCUT2D eigenvalue weighted by Crippen LogP contribution is -2.44. The molecule has 2 N–H and O–H groups in total. The van der Waals surface area contributed by atoms with E-state index in [-0.39, 0.29) is 11.8 Å². The summed E-state index contributed by atoms with van der Waals surface area (Å²) in [6.07, 6.45) is 0.852. The molecule has 0 saturated carbocycles. The van der Waals surface area contributed by atoms with Crippen LogP contribution in [-0.4, -0.2) is 24.4 Å². The van der Waals surface area contributed by atoms with Gasteiger partial charge in [-0.3, -0.25) is 9.59 Å². The van der Waals surface area contributed by atoms with Gasteiger partial charge in [-0.15, -0.1) is 0 Å². The molecule has 0 aromatic heterocycles. The highest BCUT2D eigenvalue weighted by Crippen LogP contribution is 2.21. The Labute approximate surface area is 142 Å². The number of carbonyl (C=O) groups excluding carboxylic acids is 2. The summed E-state index contributed by atoms with van der Waals surface area (Å²) in [6.45, 7) is 4.23. The normalized spacial score (nSPS) is 11.4. The van der Waals surface area contributed by atoms with Crippen molar-refractivity contribution in [3.05, 3.63) is 60.2 Å². The summed E-state index contributed by atoms with van der Waals surface area (Å²) in [6, 6.07) is 15.6. The molecule has 2 rings (SSSR count). The SMILES string of the molecule is CCCNC(=O)[C@H](C)NC(=O)c1cccc(Oc2ccccc2)c1. The summed E-state index contributed by atoms with van der Waals surface area (Å²) in [7, 11) is 0. The maximum Gasteiger partial charge on any atom is 0.252 e. The summed E-state index contributed by atoms with van der Waals surface area (Å²) in [5, 5.41) is 5.44. The Balaban J connectivity index is 2.00. The molecule has 24 heavy (non-hydrogen) atoms. The summed E-state index contributed by atoms with van der Waals surface area (Å²) in [4.78, 5) is 24.1. The Bertz CT molecular complexity index is 686. The lowest BCUT2D eigenvalue weighted by Gasteiger charge is -2.14. The van der Waals surface area contributed by atoms with Gasteiger partial charge < -0.3 is 15.4 Å². The van der Waals surface area contributed by atoms with E-state index in [0.717, 1.165) is 6.42 Å². The van der Waals surface area contributed by atoms with Crippen LogP contribution in [0.4, 0.5) is 0 Å². The maximum atomic E-state index is 12.3. The fourth-order valence-corrected chi connectivity index (χ4v) is 2.07. The van der Waals surface area contributed by atoms with Gasteiger partial charge in [0.15, 0.2) is 0 Å². The van der Waals surface area contributed by atoms with Crippen LogP contribution in [0, 0.1) is 0 Å². The summed E-state index contributed by atoms with van der Waals surface area (Å²) in [5.74, 6) is 0.758. The number of ether oxygens (including phenoxy) is 1. The molecule has 1 atom stereocenters. The zero-order valence-electron chi connectivity index (χ0n) is 13.9. The van der Waals surface area contributed by atoms with Crippen molar-refractivity contribution in [3.8, 4) is 11.5 Å². The summed E-state index contributed by atoms with van der Waals surface area (Å²) >= 11 is 0. The van der Waals surface area contributed by atoms with Crippen LogP contribution in [0.15, 0.2) is 54.6 Å². The first-order chi connectivity index (χ1) is 11.6. The molecule has 5 heteroatoms. The molecule has 2 aromatic carbocycles. The molecule has 0 aliphatic heterocycles. The van der Waals surface area contributed by atoms with Crippen LogP contribution in [-0.2, 0) is 4.79 Å². The molecule has 0 aliphatic carbocycles. The molecule has 5 nitrogen and oxygen atoms in total. The van der Waals surface area contributed by atoms with E-state index >= 15 is 0 Å². The van der Waals surface area contributed by atoms with Crippen LogP contribution in [0.3, 0.4) is 0 Å². The first kappa shape index (κ1) is 17.5. The number of nitrogens with one attached hydrogen (secondary N) is 2. The highest BCUT2D eigenvalue weighted by Gasteiger charge is 2.16. The van der Waals surface area contributed by atoms with Crippen molar-refractivity contribution in [1.29, 1.82) is 0 Å². The van der Waals surface area contributed by atoms with Gasteiger partial charge in [-0.2, -0.15) is 0 Å². The van der Waals surface area contributed by atoms with E-state index in [9.17, 15) is 9.59 Å². The summed E-state index contributed by atoms with van der Waals surface area (Å²) in [5.41, 5.74) is 0.443. The van der Waals surface area contributed by atoms with Crippen molar-refractivity contribution in [2.45, 2.75) is 26.3 Å². The van der Waals surface area contributed by atoms with E-state index < -0.39 is 6.04 Å². The molecule has 0 heterocycles. The molecule has 0 spiro atoms. The van der Waals surface area contributed by atoms with Crippen LogP contribution >= 0.6 is 0 Å². The van der Waals surface area contributed by atoms with Gasteiger partial charge in [0, 0.05) is 12.1 Å². The number of rotatable bonds is 7. The van der Waals surface area contributed by atoms with Crippen LogP contribution < -0.4 is 15.4 Å². The lowest BCUT2D eigenvalue weighted by atomic mass is 10.2. The molecule has 0 saturated heterocycles. The van der Waals surface area contributed by atoms with Crippen molar-refractivity contribution in [2.24, 2.45) is 0 Å². The van der Waals surface area contributed by atoms with Crippen molar-refractivity contribution in [2.75, 3.05) is 6.54 Å². The zero-order valence-corrected chi connectivity index (χ0v) is 13.9. The highest BCUT2D eigenvalue weighted by atomic mass is 16.5. The number of hydrogen-bond acceptors (Lipinski definition) is 3. The Kier molecular flexibility index (Phi) is 6.37. The predicted molar refractivity (Wildman–Crippen MR) is 93.2 cm³/mol. The number of carbonyl (C=O) groups is 2. The van der Waals surface area contributed by atoms with Crippen molar-refractivity contribution < 1.29 is 14.3 Å². The van der Waals surface area contributed by atoms with E-state index in [1.54, 1.807) is 31.2 Å². The lowest BCUT2D eigenvalue weighted by molar-refractivity contribution is -0.122. The average Bonchev–Trinajstić information content (AvgIpc) is 2.60. The smallest absolute Gasteiger partial charge is 0.252 e. The van der Waals surface area contributed by atoms with E-state index in [1.165, 1.54) is 0 Å². The van der Waals surface area contributed by atoms with Crippen molar-refractivity contribution in [3.63, 3.8) is 0 Å². The zero-order chi connectivity index (χ0) is 17.4. The second-order valence-electron chi connectivity index (χ2n) is 5.43. The minimum Gasteiger partial charge on any atom is -0.457 e. The van der Waals surface area contributed by atoms with Gasteiger partial charge in [0.1, 0.15) is 17.5 Å². The molecule has 0 aliphatic rings. The fourth-order valence-electron chi connectivity index (χ4n) is 2.07. The molecular weight excluding hydrogens is 304 g/mol. The number of para-hydroxylation sites is 1. The van der Waals surface area contributed by atoms with E-state index in [1.807, 2.05) is 37.3 Å². The largest absolute Gasteiger partial charge is 0.457 e. The van der Waals surface area contributed by atoms with Crippen LogP contribution in [0.25, 0.3) is 0 Å². The molecule has 2 aromatic rings. The minimum atomic E-state index is -0.595. The third kappa shape index (κ3) is 5.12. The molecule has 0 bridgehead atoms. The molecule has 0 radical (unpaired) electrons. The van der Waals surface area contributed by atoms with Gasteiger partial charge in [0.2, 0.25) is 5.91 Å². The van der Waals surface area contributed by atoms with Gasteiger partial charge in [-0.05, 0) is 43.7 Å². The van der Waals surface area contributed by atoms with Gasteiger partial charge in [0.05, 0.1) is 0 Å². The quantitative estimate of drug-likeness (QED) is 0.821. The van der Waals surface area contributed by atoms with Crippen LogP contribution in [0.5, 0.6) is 11.5 Å². The van der Waals surface area contributed by atoms with Gasteiger partial charge >= 0.3 is 0 Å². The number of amides is 2. The molecule has 0 fully saturated rings. The van der Waals surface area contributed by atoms with Crippen LogP contribution in [0.2, 0.25) is 0 Å². The van der Waals surface area contributed by atoms with E-state index in [2.05, 4.69) is 10.6 Å². The summed E-state index contributed by atoms with van der Waals surface area (Å²) < 4.78 is 5.72. The second-order valence-corrected chi connectivity index (χ2v) is 5.43. The van der Waals surface area contributed by atoms with Gasteiger partial charge in [-0.1, -0.05) is 31.2 Å². The Morgan fingerprint density at radius 1 is 1.04 bits per heavy atom. The Morgan fingerprint density at radius 2 is 1.75 bits per heavy atom. The average molecular weight is 326 g/mol. The Morgan fingerprint density at radius 3 is 2.46 bits per heavy atom. The van der Waals surface area contributed by atoms with E-state index in [4.69, 9.17) is 4.74 Å². The van der Waals surface area contributed by atoms with Gasteiger partial charge in [-0.25, -0.2) is 0 Å². The molecule has 2 amide bonds. The molecular formula is C19H22N2O3. The van der Waals surface area contributed by atoms with Crippen LogP contribution in [0.1, 0.15) is 30.6 Å². The van der Waals surface area contributed by atoms with Gasteiger partial charge in [0.25, 0.3) is 5.91 Å². The highest BCUT2D eigenvalue weighted by molar-refractivity contribution is 5.97. The van der Waals surface area contributed by atoms with Crippen molar-refractivity contribution >= 4 is 11.8 Å². The molecule has 0 unspecified atom stereocenters. The first-order valence-electron chi connectivity index (χ1n) is 8.01. The third-order valence-electron chi connectivity index (χ3n) is 3.37. The minimum absolute atomic E-state index is 0.193. The number of benzene rings is 2. The topological polar surface area (TPSA) is 67.4 Å². The Hall–Kier alpha value is -2.82. The monoisotopic (exact) mass is 326 g/mol. The predicted octanol–water partition coefficient (Wildman–Crippen LogP) is 3.12. The second kappa shape index (κ2) is 8.72. The van der Waals surface area contributed by atoms with E-state index in [0.29, 0.717) is 23.6 Å². The molecule has 126 valence electrons. The number of hydrogen-bond donors (Lipinski definition) is 2. The standard InChI is InChI=1S/C19H22N2O3/c1-3-12-20-18(22)14(2)21-19(23)15-8-7-11-17(13-15)24-16-9-5-4-6-10-16/h4-11,13-14H,3,12H2,1-2H3,(H,20,22)(H,21,23)/t14-/m0/s1. The fraction of sp³-hybridized carbons (Fsp3) is 0.263. The third-order valence-corrected chi connectivity index (χ3v) is 3.37. The first-order valence-corrected chi connectivity index (χ1v) is 8.01. The maximum absolute atomic E-state index is 12.3.